The molecule has 1 aliphatic heterocycles. The highest BCUT2D eigenvalue weighted by Gasteiger charge is 2.49. The van der Waals surface area contributed by atoms with Gasteiger partial charge in [0, 0.05) is 7.05 Å². The zero-order valence-corrected chi connectivity index (χ0v) is 10.9. The van der Waals surface area contributed by atoms with Crippen molar-refractivity contribution in [2.24, 2.45) is 11.8 Å². The van der Waals surface area contributed by atoms with Crippen LogP contribution in [0.5, 0.6) is 0 Å². The van der Waals surface area contributed by atoms with Crippen molar-refractivity contribution in [3.05, 3.63) is 23.9 Å². The van der Waals surface area contributed by atoms with Crippen molar-refractivity contribution < 1.29 is 9.59 Å². The van der Waals surface area contributed by atoms with E-state index in [0.29, 0.717) is 6.54 Å². The van der Waals surface area contributed by atoms with Crippen LogP contribution >= 0.6 is 0 Å². The van der Waals surface area contributed by atoms with E-state index in [1.54, 1.807) is 7.05 Å². The Morgan fingerprint density at radius 3 is 2.58 bits per heavy atom. The number of hydrogen-bond donors (Lipinski definition) is 1. The molecule has 0 bridgehead atoms. The zero-order valence-electron chi connectivity index (χ0n) is 10.9. The Morgan fingerprint density at radius 2 is 1.95 bits per heavy atom. The minimum Gasteiger partial charge on any atom is -0.373 e. The van der Waals surface area contributed by atoms with Crippen molar-refractivity contribution in [2.75, 3.05) is 12.4 Å². The standard InChI is InChI=1S/C14H17N3O2/c1-15-12-7-2-4-9(16-12)8-17-13(18)10-5-3-6-11(10)14(17)19/h2,4,7,10-11H,3,5-6,8H2,1H3,(H,15,16). The number of fused-ring (bicyclic) bond motifs is 1. The van der Waals surface area contributed by atoms with E-state index >= 15 is 0 Å². The van der Waals surface area contributed by atoms with Crippen LogP contribution in [0.25, 0.3) is 0 Å². The van der Waals surface area contributed by atoms with Gasteiger partial charge in [0.2, 0.25) is 11.8 Å². The normalized spacial score (nSPS) is 25.8. The summed E-state index contributed by atoms with van der Waals surface area (Å²) in [5.41, 5.74) is 0.744. The van der Waals surface area contributed by atoms with E-state index in [-0.39, 0.29) is 23.7 Å². The molecular formula is C14H17N3O2. The van der Waals surface area contributed by atoms with Crippen molar-refractivity contribution in [3.63, 3.8) is 0 Å². The Balaban J connectivity index is 1.79. The molecule has 1 saturated heterocycles. The summed E-state index contributed by atoms with van der Waals surface area (Å²) in [6, 6.07) is 5.57. The van der Waals surface area contributed by atoms with Crippen LogP contribution < -0.4 is 5.32 Å². The van der Waals surface area contributed by atoms with Gasteiger partial charge in [-0.25, -0.2) is 4.98 Å². The van der Waals surface area contributed by atoms with Crippen LogP contribution in [0.3, 0.4) is 0 Å². The molecule has 5 nitrogen and oxygen atoms in total. The molecule has 5 heteroatoms. The van der Waals surface area contributed by atoms with Gasteiger partial charge in [0.25, 0.3) is 0 Å². The number of imide groups is 1. The predicted octanol–water partition coefficient (Wildman–Crippen LogP) is 1.41. The summed E-state index contributed by atoms with van der Waals surface area (Å²) in [5.74, 6) is 0.588. The summed E-state index contributed by atoms with van der Waals surface area (Å²) >= 11 is 0. The number of anilines is 1. The minimum atomic E-state index is -0.0695. The number of amides is 2. The van der Waals surface area contributed by atoms with Gasteiger partial charge in [0.15, 0.2) is 0 Å². The van der Waals surface area contributed by atoms with Gasteiger partial charge in [-0.2, -0.15) is 0 Å². The molecule has 2 aliphatic rings. The average molecular weight is 259 g/mol. The van der Waals surface area contributed by atoms with Gasteiger partial charge in [-0.1, -0.05) is 12.5 Å². The third-order valence-corrected chi connectivity index (χ3v) is 4.07. The number of rotatable bonds is 3. The Bertz CT molecular complexity index is 507. The third-order valence-electron chi connectivity index (χ3n) is 4.07. The fourth-order valence-electron chi connectivity index (χ4n) is 3.08. The van der Waals surface area contributed by atoms with Crippen LogP contribution in [0.4, 0.5) is 5.82 Å². The molecule has 19 heavy (non-hydrogen) atoms. The second-order valence-electron chi connectivity index (χ2n) is 5.17. The van der Waals surface area contributed by atoms with E-state index in [4.69, 9.17) is 0 Å². The number of hydrogen-bond acceptors (Lipinski definition) is 4. The Hall–Kier alpha value is -1.91. The van der Waals surface area contributed by atoms with Gasteiger partial charge in [-0.15, -0.1) is 0 Å². The first-order valence-electron chi connectivity index (χ1n) is 6.69. The van der Waals surface area contributed by atoms with Crippen molar-refractivity contribution in [2.45, 2.75) is 25.8 Å². The summed E-state index contributed by atoms with van der Waals surface area (Å²) in [4.78, 5) is 30.2. The molecule has 0 spiro atoms. The molecule has 1 aromatic heterocycles. The van der Waals surface area contributed by atoms with Crippen LogP contribution in [0.1, 0.15) is 25.0 Å². The summed E-state index contributed by atoms with van der Waals surface area (Å²) < 4.78 is 0. The van der Waals surface area contributed by atoms with Crippen molar-refractivity contribution >= 4 is 17.6 Å². The first-order chi connectivity index (χ1) is 9.20. The zero-order chi connectivity index (χ0) is 13.4. The molecule has 0 aromatic carbocycles. The molecule has 2 unspecified atom stereocenters. The first-order valence-corrected chi connectivity index (χ1v) is 6.69. The highest BCUT2D eigenvalue weighted by Crippen LogP contribution is 2.40. The van der Waals surface area contributed by atoms with E-state index in [2.05, 4.69) is 10.3 Å². The smallest absolute Gasteiger partial charge is 0.233 e. The molecule has 1 aromatic rings. The number of likely N-dealkylation sites (tertiary alicyclic amines) is 1. The van der Waals surface area contributed by atoms with Gasteiger partial charge in [0.05, 0.1) is 24.1 Å². The summed E-state index contributed by atoms with van der Waals surface area (Å²) in [5, 5.41) is 2.96. The van der Waals surface area contributed by atoms with E-state index in [9.17, 15) is 9.59 Å². The maximum atomic E-state index is 12.2. The lowest BCUT2D eigenvalue weighted by Gasteiger charge is -2.15. The number of aromatic nitrogens is 1. The van der Waals surface area contributed by atoms with E-state index in [1.165, 1.54) is 4.90 Å². The lowest BCUT2D eigenvalue weighted by atomic mass is 10.00. The van der Waals surface area contributed by atoms with Gasteiger partial charge in [-0.05, 0) is 25.0 Å². The molecule has 3 rings (SSSR count). The molecule has 2 atom stereocenters. The van der Waals surface area contributed by atoms with Crippen LogP contribution in [-0.2, 0) is 16.1 Å². The number of carbonyl (C=O) groups is 2. The fraction of sp³-hybridized carbons (Fsp3) is 0.500. The lowest BCUT2D eigenvalue weighted by Crippen LogP contribution is -2.31. The molecule has 2 amide bonds. The van der Waals surface area contributed by atoms with Crippen molar-refractivity contribution in [3.8, 4) is 0 Å². The average Bonchev–Trinajstić information content (AvgIpc) is 2.99. The van der Waals surface area contributed by atoms with Crippen LogP contribution in [0, 0.1) is 11.8 Å². The quantitative estimate of drug-likeness (QED) is 0.834. The van der Waals surface area contributed by atoms with Crippen LogP contribution in [-0.4, -0.2) is 28.7 Å². The topological polar surface area (TPSA) is 62.3 Å². The number of nitrogens with zero attached hydrogens (tertiary/aromatic N) is 2. The summed E-state index contributed by atoms with van der Waals surface area (Å²) in [6.07, 6.45) is 2.71. The van der Waals surface area contributed by atoms with E-state index in [0.717, 1.165) is 30.8 Å². The largest absolute Gasteiger partial charge is 0.373 e. The second kappa shape index (κ2) is 4.64. The fourth-order valence-corrected chi connectivity index (χ4v) is 3.08. The number of nitrogens with one attached hydrogen (secondary N) is 1. The maximum absolute atomic E-state index is 12.2. The van der Waals surface area contributed by atoms with Gasteiger partial charge in [0.1, 0.15) is 5.82 Å². The predicted molar refractivity (Wildman–Crippen MR) is 70.2 cm³/mol. The Morgan fingerprint density at radius 1 is 1.26 bits per heavy atom. The van der Waals surface area contributed by atoms with E-state index < -0.39 is 0 Å². The molecule has 1 N–H and O–H groups in total. The second-order valence-corrected chi connectivity index (χ2v) is 5.17. The third kappa shape index (κ3) is 1.99. The number of pyridine rings is 1. The molecule has 100 valence electrons. The highest BCUT2D eigenvalue weighted by atomic mass is 16.2. The van der Waals surface area contributed by atoms with Gasteiger partial charge >= 0.3 is 0 Å². The molecule has 2 fully saturated rings. The molecule has 1 aliphatic carbocycles. The first kappa shape index (κ1) is 12.1. The van der Waals surface area contributed by atoms with E-state index in [1.807, 2.05) is 18.2 Å². The van der Waals surface area contributed by atoms with Gasteiger partial charge in [-0.3, -0.25) is 14.5 Å². The summed E-state index contributed by atoms with van der Waals surface area (Å²) in [7, 11) is 1.79. The molecule has 1 saturated carbocycles. The maximum Gasteiger partial charge on any atom is 0.233 e. The molecule has 2 heterocycles. The SMILES string of the molecule is CNc1cccc(CN2C(=O)C3CCCC3C2=O)n1. The highest BCUT2D eigenvalue weighted by molar-refractivity contribution is 6.05. The van der Waals surface area contributed by atoms with Crippen LogP contribution in [0.2, 0.25) is 0 Å². The van der Waals surface area contributed by atoms with Crippen molar-refractivity contribution in [1.29, 1.82) is 0 Å². The Kier molecular flexibility index (Phi) is 2.97. The Labute approximate surface area is 112 Å². The van der Waals surface area contributed by atoms with Crippen LogP contribution in [0.15, 0.2) is 18.2 Å². The summed E-state index contributed by atoms with van der Waals surface area (Å²) in [6.45, 7) is 0.292. The molecule has 0 radical (unpaired) electrons. The number of carbonyl (C=O) groups excluding carboxylic acids is 2. The van der Waals surface area contributed by atoms with Gasteiger partial charge < -0.3 is 5.32 Å². The lowest BCUT2D eigenvalue weighted by molar-refractivity contribution is -0.141. The monoisotopic (exact) mass is 259 g/mol. The van der Waals surface area contributed by atoms with Crippen molar-refractivity contribution in [1.82, 2.24) is 9.88 Å². The minimum absolute atomic E-state index is 0.0100. The molecular weight excluding hydrogens is 242 g/mol.